The Morgan fingerprint density at radius 1 is 0.900 bits per heavy atom. The van der Waals surface area contributed by atoms with Crippen molar-refractivity contribution in [3.63, 3.8) is 0 Å². The van der Waals surface area contributed by atoms with Gasteiger partial charge in [0.2, 0.25) is 0 Å². The minimum absolute atomic E-state index is 0.181. The highest BCUT2D eigenvalue weighted by Gasteiger charge is 2.33. The van der Waals surface area contributed by atoms with Gasteiger partial charge in [-0.2, -0.15) is 0 Å². The standard InChI is InChI=1S/C25H34N4S/c30-24(27-20-25(15-7-4-8-16-25)21-11-5-3-6-12-21)28-22-13-14-23(26-19-22)29-17-9-1-2-10-18-29/h3,5-6,11-14,19H,1-2,4,7-10,15-18,20H2,(H2,27,28,30). The number of aromatic nitrogens is 1. The Hall–Kier alpha value is -2.14. The molecule has 0 spiro atoms. The third-order valence-electron chi connectivity index (χ3n) is 6.72. The summed E-state index contributed by atoms with van der Waals surface area (Å²) in [6, 6.07) is 15.2. The number of rotatable bonds is 5. The third-order valence-corrected chi connectivity index (χ3v) is 6.97. The Bertz CT molecular complexity index is 792. The van der Waals surface area contributed by atoms with Gasteiger partial charge in [0.25, 0.3) is 0 Å². The molecule has 0 radical (unpaired) electrons. The van der Waals surface area contributed by atoms with E-state index in [1.54, 1.807) is 0 Å². The molecular weight excluding hydrogens is 388 g/mol. The van der Waals surface area contributed by atoms with Crippen LogP contribution in [-0.4, -0.2) is 29.7 Å². The topological polar surface area (TPSA) is 40.2 Å². The number of hydrogen-bond donors (Lipinski definition) is 2. The first-order chi connectivity index (χ1) is 14.8. The van der Waals surface area contributed by atoms with E-state index in [0.717, 1.165) is 31.1 Å². The Labute approximate surface area is 186 Å². The molecule has 2 fully saturated rings. The molecule has 1 saturated carbocycles. The Morgan fingerprint density at radius 3 is 2.27 bits per heavy atom. The molecule has 2 aliphatic rings. The number of thiocarbonyl (C=S) groups is 1. The quantitative estimate of drug-likeness (QED) is 0.609. The molecule has 4 rings (SSSR count). The van der Waals surface area contributed by atoms with Crippen LogP contribution < -0.4 is 15.5 Å². The molecule has 0 bridgehead atoms. The molecule has 2 N–H and O–H groups in total. The van der Waals surface area contributed by atoms with Crippen molar-refractivity contribution in [2.24, 2.45) is 0 Å². The minimum atomic E-state index is 0.181. The summed E-state index contributed by atoms with van der Waals surface area (Å²) in [5, 5.41) is 7.52. The predicted molar refractivity (Wildman–Crippen MR) is 130 cm³/mol. The van der Waals surface area contributed by atoms with Crippen LogP contribution in [0.2, 0.25) is 0 Å². The lowest BCUT2D eigenvalue weighted by Crippen LogP contribution is -2.43. The second-order valence-corrected chi connectivity index (χ2v) is 9.23. The number of hydrogen-bond acceptors (Lipinski definition) is 3. The average molecular weight is 423 g/mol. The zero-order valence-electron chi connectivity index (χ0n) is 17.9. The SMILES string of the molecule is S=C(NCC1(c2ccccc2)CCCCC1)Nc1ccc(N2CCCCCC2)nc1. The fourth-order valence-electron chi connectivity index (χ4n) is 4.96. The summed E-state index contributed by atoms with van der Waals surface area (Å²) < 4.78 is 0. The van der Waals surface area contributed by atoms with Crippen LogP contribution >= 0.6 is 12.2 Å². The molecule has 1 saturated heterocycles. The highest BCUT2D eigenvalue weighted by atomic mass is 32.1. The Balaban J connectivity index is 1.34. The summed E-state index contributed by atoms with van der Waals surface area (Å²) in [7, 11) is 0. The lowest BCUT2D eigenvalue weighted by Gasteiger charge is -2.38. The number of nitrogens with one attached hydrogen (secondary N) is 2. The molecule has 1 aromatic heterocycles. The van der Waals surface area contributed by atoms with E-state index in [-0.39, 0.29) is 5.41 Å². The van der Waals surface area contributed by atoms with Crippen molar-refractivity contribution in [2.45, 2.75) is 63.2 Å². The third kappa shape index (κ3) is 5.31. The summed E-state index contributed by atoms with van der Waals surface area (Å²) in [5.41, 5.74) is 2.56. The van der Waals surface area contributed by atoms with Crippen LogP contribution in [0.3, 0.4) is 0 Å². The zero-order chi connectivity index (χ0) is 20.7. The first-order valence-corrected chi connectivity index (χ1v) is 12.0. The van der Waals surface area contributed by atoms with E-state index in [9.17, 15) is 0 Å². The molecule has 4 nitrogen and oxygen atoms in total. The lowest BCUT2D eigenvalue weighted by molar-refractivity contribution is 0.292. The zero-order valence-corrected chi connectivity index (χ0v) is 18.7. The molecule has 30 heavy (non-hydrogen) atoms. The van der Waals surface area contributed by atoms with Crippen molar-refractivity contribution < 1.29 is 0 Å². The molecular formula is C25H34N4S. The van der Waals surface area contributed by atoms with Gasteiger partial charge >= 0.3 is 0 Å². The van der Waals surface area contributed by atoms with Gasteiger partial charge in [-0.3, -0.25) is 0 Å². The molecule has 1 aromatic carbocycles. The maximum Gasteiger partial charge on any atom is 0.170 e. The fourth-order valence-corrected chi connectivity index (χ4v) is 5.15. The van der Waals surface area contributed by atoms with Gasteiger partial charge in [0.05, 0.1) is 11.9 Å². The van der Waals surface area contributed by atoms with E-state index in [1.807, 2.05) is 6.20 Å². The highest BCUT2D eigenvalue weighted by Crippen LogP contribution is 2.38. The molecule has 2 aromatic rings. The monoisotopic (exact) mass is 422 g/mol. The van der Waals surface area contributed by atoms with Crippen molar-refractivity contribution in [3.05, 3.63) is 54.2 Å². The maximum absolute atomic E-state index is 5.62. The smallest absolute Gasteiger partial charge is 0.170 e. The summed E-state index contributed by atoms with van der Waals surface area (Å²) in [5.74, 6) is 1.08. The van der Waals surface area contributed by atoms with Crippen molar-refractivity contribution >= 4 is 28.8 Å². The van der Waals surface area contributed by atoms with E-state index in [4.69, 9.17) is 12.2 Å². The van der Waals surface area contributed by atoms with E-state index in [1.165, 1.54) is 63.4 Å². The predicted octanol–water partition coefficient (Wildman–Crippen LogP) is 5.65. The van der Waals surface area contributed by atoms with Crippen LogP contribution in [0.15, 0.2) is 48.7 Å². The lowest BCUT2D eigenvalue weighted by atomic mass is 9.69. The molecule has 0 unspecified atom stereocenters. The summed E-state index contributed by atoms with van der Waals surface area (Å²) >= 11 is 5.62. The molecule has 2 heterocycles. The molecule has 1 aliphatic carbocycles. The number of benzene rings is 1. The summed E-state index contributed by atoms with van der Waals surface area (Å²) in [6.07, 6.45) is 13.5. The molecule has 160 valence electrons. The van der Waals surface area contributed by atoms with Crippen molar-refractivity contribution in [1.82, 2.24) is 10.3 Å². The first-order valence-electron chi connectivity index (χ1n) is 11.6. The normalized spacial score (nSPS) is 19.0. The molecule has 0 amide bonds. The van der Waals surface area contributed by atoms with Crippen LogP contribution in [0.1, 0.15) is 63.4 Å². The second-order valence-electron chi connectivity index (χ2n) is 8.82. The summed E-state index contributed by atoms with van der Waals surface area (Å²) in [6.45, 7) is 3.10. The van der Waals surface area contributed by atoms with Gasteiger partial charge < -0.3 is 15.5 Å². The van der Waals surface area contributed by atoms with Crippen molar-refractivity contribution in [1.29, 1.82) is 0 Å². The molecule has 1 aliphatic heterocycles. The van der Waals surface area contributed by atoms with E-state index >= 15 is 0 Å². The van der Waals surface area contributed by atoms with Gasteiger partial charge in [-0.15, -0.1) is 0 Å². The van der Waals surface area contributed by atoms with Crippen LogP contribution in [0, 0.1) is 0 Å². The largest absolute Gasteiger partial charge is 0.362 e. The fraction of sp³-hybridized carbons (Fsp3) is 0.520. The molecule has 5 heteroatoms. The number of nitrogens with zero attached hydrogens (tertiary/aromatic N) is 2. The first kappa shape index (κ1) is 21.1. The maximum atomic E-state index is 5.62. The van der Waals surface area contributed by atoms with Gasteiger partial charge in [-0.25, -0.2) is 4.98 Å². The van der Waals surface area contributed by atoms with Gasteiger partial charge in [-0.05, 0) is 55.6 Å². The average Bonchev–Trinajstić information content (AvgIpc) is 3.09. The highest BCUT2D eigenvalue weighted by molar-refractivity contribution is 7.80. The van der Waals surface area contributed by atoms with Gasteiger partial charge in [-0.1, -0.05) is 62.4 Å². The van der Waals surface area contributed by atoms with E-state index in [0.29, 0.717) is 5.11 Å². The van der Waals surface area contributed by atoms with E-state index < -0.39 is 0 Å². The Kier molecular flexibility index (Phi) is 7.21. The van der Waals surface area contributed by atoms with Crippen LogP contribution in [0.25, 0.3) is 0 Å². The van der Waals surface area contributed by atoms with Gasteiger partial charge in [0.15, 0.2) is 5.11 Å². The van der Waals surface area contributed by atoms with Crippen molar-refractivity contribution in [2.75, 3.05) is 29.9 Å². The van der Waals surface area contributed by atoms with Crippen LogP contribution in [0.5, 0.6) is 0 Å². The van der Waals surface area contributed by atoms with Crippen LogP contribution in [0.4, 0.5) is 11.5 Å². The molecule has 0 atom stereocenters. The summed E-state index contributed by atoms with van der Waals surface area (Å²) in [4.78, 5) is 7.09. The van der Waals surface area contributed by atoms with Crippen molar-refractivity contribution in [3.8, 4) is 0 Å². The van der Waals surface area contributed by atoms with Gasteiger partial charge in [0.1, 0.15) is 5.82 Å². The number of pyridine rings is 1. The van der Waals surface area contributed by atoms with E-state index in [2.05, 4.69) is 63.0 Å². The second kappa shape index (κ2) is 10.3. The van der Waals surface area contributed by atoms with Gasteiger partial charge in [0, 0.05) is 25.0 Å². The van der Waals surface area contributed by atoms with Crippen LogP contribution in [-0.2, 0) is 5.41 Å². The number of anilines is 2. The minimum Gasteiger partial charge on any atom is -0.362 e. The Morgan fingerprint density at radius 2 is 1.60 bits per heavy atom.